The van der Waals surface area contributed by atoms with E-state index in [1.54, 1.807) is 6.07 Å². The Morgan fingerprint density at radius 3 is 2.25 bits per heavy atom. The molecule has 1 N–H and O–H groups in total. The highest BCUT2D eigenvalue weighted by Crippen LogP contribution is 2.35. The van der Waals surface area contributed by atoms with Crippen LogP contribution in [0.15, 0.2) is 40.9 Å². The molecule has 2 aromatic carbocycles. The van der Waals surface area contributed by atoms with Crippen molar-refractivity contribution in [2.75, 3.05) is 0 Å². The van der Waals surface area contributed by atoms with Crippen LogP contribution in [-0.2, 0) is 0 Å². The largest absolute Gasteiger partial charge is 0.507 e. The van der Waals surface area contributed by atoms with E-state index in [2.05, 4.69) is 41.9 Å². The summed E-state index contributed by atoms with van der Waals surface area (Å²) in [6, 6.07) is 11.6. The van der Waals surface area contributed by atoms with Gasteiger partial charge in [0.25, 0.3) is 0 Å². The van der Waals surface area contributed by atoms with Gasteiger partial charge in [0.05, 0.1) is 0 Å². The second-order valence-corrected chi connectivity index (χ2v) is 4.79. The predicted octanol–water partition coefficient (Wildman–Crippen LogP) is 4.44. The van der Waals surface area contributed by atoms with Crippen LogP contribution in [0.2, 0.25) is 0 Å². The zero-order chi connectivity index (χ0) is 11.7. The highest BCUT2D eigenvalue weighted by molar-refractivity contribution is 9.10. The average molecular weight is 277 g/mol. The van der Waals surface area contributed by atoms with E-state index in [1.165, 1.54) is 11.1 Å². The molecule has 82 valence electrons. The Morgan fingerprint density at radius 2 is 1.56 bits per heavy atom. The fourth-order valence-electron chi connectivity index (χ4n) is 1.69. The summed E-state index contributed by atoms with van der Waals surface area (Å²) in [7, 11) is 0. The van der Waals surface area contributed by atoms with Gasteiger partial charge in [-0.2, -0.15) is 0 Å². The van der Waals surface area contributed by atoms with Gasteiger partial charge >= 0.3 is 0 Å². The molecule has 0 saturated heterocycles. The average Bonchev–Trinajstić information content (AvgIpc) is 2.25. The molecule has 0 unspecified atom stereocenters. The van der Waals surface area contributed by atoms with Gasteiger partial charge in [-0.1, -0.05) is 34.1 Å². The molecule has 0 aliphatic carbocycles. The maximum Gasteiger partial charge on any atom is 0.123 e. The molecule has 0 aliphatic heterocycles. The highest BCUT2D eigenvalue weighted by atomic mass is 79.9. The first kappa shape index (κ1) is 11.2. The lowest BCUT2D eigenvalue weighted by Gasteiger charge is -2.10. The van der Waals surface area contributed by atoms with E-state index < -0.39 is 0 Å². The molecular formula is C14H13BrO. The standard InChI is InChI=1S/C14H13BrO/c1-9-7-12(13(15)8-10(9)2)11-5-3-4-6-14(11)16/h3-8,16H,1-2H3. The molecule has 2 aromatic rings. The Kier molecular flexibility index (Phi) is 3.01. The van der Waals surface area contributed by atoms with Crippen LogP contribution in [0.4, 0.5) is 0 Å². The monoisotopic (exact) mass is 276 g/mol. The third kappa shape index (κ3) is 1.98. The van der Waals surface area contributed by atoms with Crippen molar-refractivity contribution in [3.05, 3.63) is 52.0 Å². The van der Waals surface area contributed by atoms with E-state index >= 15 is 0 Å². The van der Waals surface area contributed by atoms with Crippen LogP contribution in [0, 0.1) is 13.8 Å². The lowest BCUT2D eigenvalue weighted by Crippen LogP contribution is -1.86. The zero-order valence-electron chi connectivity index (χ0n) is 9.29. The van der Waals surface area contributed by atoms with Crippen molar-refractivity contribution in [3.63, 3.8) is 0 Å². The van der Waals surface area contributed by atoms with Crippen molar-refractivity contribution < 1.29 is 5.11 Å². The smallest absolute Gasteiger partial charge is 0.123 e. The molecular weight excluding hydrogens is 264 g/mol. The molecule has 2 heteroatoms. The van der Waals surface area contributed by atoms with Crippen LogP contribution in [0.25, 0.3) is 11.1 Å². The van der Waals surface area contributed by atoms with Crippen LogP contribution in [0.1, 0.15) is 11.1 Å². The first-order chi connectivity index (χ1) is 7.59. The van der Waals surface area contributed by atoms with E-state index in [9.17, 15) is 5.11 Å². The summed E-state index contributed by atoms with van der Waals surface area (Å²) in [5.41, 5.74) is 4.35. The quantitative estimate of drug-likeness (QED) is 0.817. The third-order valence-electron chi connectivity index (χ3n) is 2.78. The SMILES string of the molecule is Cc1cc(Br)c(-c2ccccc2O)cc1C. The van der Waals surface area contributed by atoms with Crippen molar-refractivity contribution >= 4 is 15.9 Å². The fourth-order valence-corrected chi connectivity index (χ4v) is 2.36. The van der Waals surface area contributed by atoms with Gasteiger partial charge in [-0.05, 0) is 48.7 Å². The molecule has 0 aromatic heterocycles. The molecule has 0 atom stereocenters. The first-order valence-electron chi connectivity index (χ1n) is 5.14. The number of hydrogen-bond donors (Lipinski definition) is 1. The van der Waals surface area contributed by atoms with Crippen molar-refractivity contribution in [2.45, 2.75) is 13.8 Å². The van der Waals surface area contributed by atoms with E-state index in [0.717, 1.165) is 15.6 Å². The molecule has 0 fully saturated rings. The molecule has 1 nitrogen and oxygen atoms in total. The number of phenols is 1. The van der Waals surface area contributed by atoms with Gasteiger partial charge in [-0.25, -0.2) is 0 Å². The van der Waals surface area contributed by atoms with Crippen molar-refractivity contribution in [2.24, 2.45) is 0 Å². The molecule has 0 bridgehead atoms. The van der Waals surface area contributed by atoms with Crippen LogP contribution in [-0.4, -0.2) is 5.11 Å². The first-order valence-corrected chi connectivity index (χ1v) is 5.94. The van der Waals surface area contributed by atoms with Gasteiger partial charge in [-0.15, -0.1) is 0 Å². The molecule has 0 heterocycles. The van der Waals surface area contributed by atoms with E-state index in [0.29, 0.717) is 5.75 Å². The van der Waals surface area contributed by atoms with Gasteiger partial charge in [0.15, 0.2) is 0 Å². The normalized spacial score (nSPS) is 10.4. The van der Waals surface area contributed by atoms with E-state index in [1.807, 2.05) is 18.2 Å². The zero-order valence-corrected chi connectivity index (χ0v) is 10.9. The van der Waals surface area contributed by atoms with Crippen LogP contribution >= 0.6 is 15.9 Å². The van der Waals surface area contributed by atoms with Crippen molar-refractivity contribution in [3.8, 4) is 16.9 Å². The molecule has 16 heavy (non-hydrogen) atoms. The molecule has 0 saturated carbocycles. The number of aromatic hydroxyl groups is 1. The number of para-hydroxylation sites is 1. The molecule has 0 amide bonds. The summed E-state index contributed by atoms with van der Waals surface area (Å²) in [6.45, 7) is 4.15. The Hall–Kier alpha value is -1.28. The number of aryl methyl sites for hydroxylation is 2. The Bertz CT molecular complexity index is 532. The minimum Gasteiger partial charge on any atom is -0.507 e. The Balaban J connectivity index is 2.65. The van der Waals surface area contributed by atoms with Crippen LogP contribution in [0.3, 0.4) is 0 Å². The van der Waals surface area contributed by atoms with E-state index in [-0.39, 0.29) is 0 Å². The van der Waals surface area contributed by atoms with E-state index in [4.69, 9.17) is 0 Å². The maximum atomic E-state index is 9.83. The summed E-state index contributed by atoms with van der Waals surface area (Å²) < 4.78 is 1.01. The van der Waals surface area contributed by atoms with Gasteiger partial charge in [0.2, 0.25) is 0 Å². The highest BCUT2D eigenvalue weighted by Gasteiger charge is 2.08. The van der Waals surface area contributed by atoms with Gasteiger partial charge in [0.1, 0.15) is 5.75 Å². The van der Waals surface area contributed by atoms with Gasteiger partial charge in [-0.3, -0.25) is 0 Å². The Morgan fingerprint density at radius 1 is 0.938 bits per heavy atom. The second-order valence-electron chi connectivity index (χ2n) is 3.93. The van der Waals surface area contributed by atoms with Crippen LogP contribution in [0.5, 0.6) is 5.75 Å². The number of phenolic OH excluding ortho intramolecular Hbond substituents is 1. The van der Waals surface area contributed by atoms with Crippen molar-refractivity contribution in [1.29, 1.82) is 0 Å². The minimum absolute atomic E-state index is 0.312. The van der Waals surface area contributed by atoms with Crippen LogP contribution < -0.4 is 0 Å². The summed E-state index contributed by atoms with van der Waals surface area (Å²) in [5.74, 6) is 0.312. The number of rotatable bonds is 1. The van der Waals surface area contributed by atoms with Crippen molar-refractivity contribution in [1.82, 2.24) is 0 Å². The third-order valence-corrected chi connectivity index (χ3v) is 3.43. The lowest BCUT2D eigenvalue weighted by molar-refractivity contribution is 0.477. The predicted molar refractivity (Wildman–Crippen MR) is 70.7 cm³/mol. The molecule has 0 spiro atoms. The molecule has 0 radical (unpaired) electrons. The lowest BCUT2D eigenvalue weighted by atomic mass is 10.00. The molecule has 2 rings (SSSR count). The maximum absolute atomic E-state index is 9.83. The van der Waals surface area contributed by atoms with Gasteiger partial charge < -0.3 is 5.11 Å². The molecule has 0 aliphatic rings. The minimum atomic E-state index is 0.312. The Labute approximate surface area is 104 Å². The number of halogens is 1. The fraction of sp³-hybridized carbons (Fsp3) is 0.143. The summed E-state index contributed by atoms with van der Waals surface area (Å²) in [4.78, 5) is 0. The topological polar surface area (TPSA) is 20.2 Å². The van der Waals surface area contributed by atoms with Gasteiger partial charge in [0, 0.05) is 10.0 Å². The summed E-state index contributed by atoms with van der Waals surface area (Å²) in [5, 5.41) is 9.83. The number of benzene rings is 2. The number of hydrogen-bond acceptors (Lipinski definition) is 1. The summed E-state index contributed by atoms with van der Waals surface area (Å²) in [6.07, 6.45) is 0. The second kappa shape index (κ2) is 4.30. The summed E-state index contributed by atoms with van der Waals surface area (Å²) >= 11 is 3.54.